The van der Waals surface area contributed by atoms with Crippen LogP contribution in [-0.2, 0) is 0 Å². The Morgan fingerprint density at radius 1 is 0.960 bits per heavy atom. The molecular formula is C21H33N3O. The number of anilines is 2. The predicted octanol–water partition coefficient (Wildman–Crippen LogP) is 5.11. The van der Waals surface area contributed by atoms with E-state index in [0.717, 1.165) is 17.9 Å². The SMILES string of the molecule is CN(C)c1ccc(NC(=O)N(CC2CCCCC2)C2CCCC2)cc1. The molecule has 4 heteroatoms. The Morgan fingerprint density at radius 3 is 2.16 bits per heavy atom. The van der Waals surface area contributed by atoms with Gasteiger partial charge in [0.2, 0.25) is 0 Å². The van der Waals surface area contributed by atoms with Gasteiger partial charge in [-0.1, -0.05) is 32.1 Å². The Bertz CT molecular complexity index is 543. The fourth-order valence-corrected chi connectivity index (χ4v) is 4.30. The molecule has 0 unspecified atom stereocenters. The summed E-state index contributed by atoms with van der Waals surface area (Å²) in [5, 5.41) is 3.14. The maximum Gasteiger partial charge on any atom is 0.322 e. The van der Waals surface area contributed by atoms with Crippen LogP contribution in [0.2, 0.25) is 0 Å². The maximum absolute atomic E-state index is 13.0. The molecule has 2 aliphatic carbocycles. The van der Waals surface area contributed by atoms with Gasteiger partial charge in [0.05, 0.1) is 0 Å². The fraction of sp³-hybridized carbons (Fsp3) is 0.667. The Morgan fingerprint density at radius 2 is 1.56 bits per heavy atom. The number of hydrogen-bond acceptors (Lipinski definition) is 2. The number of nitrogens with zero attached hydrogens (tertiary/aromatic N) is 2. The van der Waals surface area contributed by atoms with Crippen molar-refractivity contribution in [2.45, 2.75) is 63.8 Å². The first-order valence-corrected chi connectivity index (χ1v) is 9.98. The lowest BCUT2D eigenvalue weighted by molar-refractivity contribution is 0.163. The monoisotopic (exact) mass is 343 g/mol. The highest BCUT2D eigenvalue weighted by molar-refractivity contribution is 5.89. The molecule has 2 saturated carbocycles. The van der Waals surface area contributed by atoms with Crippen LogP contribution in [0.3, 0.4) is 0 Å². The van der Waals surface area contributed by atoms with Crippen molar-refractivity contribution in [3.63, 3.8) is 0 Å². The van der Waals surface area contributed by atoms with Crippen LogP contribution in [0.5, 0.6) is 0 Å². The van der Waals surface area contributed by atoms with E-state index in [9.17, 15) is 4.79 Å². The van der Waals surface area contributed by atoms with Crippen molar-refractivity contribution in [1.29, 1.82) is 0 Å². The van der Waals surface area contributed by atoms with Gasteiger partial charge in [0.15, 0.2) is 0 Å². The molecule has 0 radical (unpaired) electrons. The molecule has 0 saturated heterocycles. The molecule has 0 atom stereocenters. The van der Waals surface area contributed by atoms with E-state index < -0.39 is 0 Å². The molecule has 2 aliphatic rings. The summed E-state index contributed by atoms with van der Waals surface area (Å²) in [4.78, 5) is 17.2. The topological polar surface area (TPSA) is 35.6 Å². The van der Waals surface area contributed by atoms with Crippen molar-refractivity contribution in [3.05, 3.63) is 24.3 Å². The third-order valence-electron chi connectivity index (χ3n) is 5.84. The highest BCUT2D eigenvalue weighted by Crippen LogP contribution is 2.29. The number of nitrogens with one attached hydrogen (secondary N) is 1. The first-order valence-electron chi connectivity index (χ1n) is 9.98. The minimum atomic E-state index is 0.0927. The zero-order valence-electron chi connectivity index (χ0n) is 15.8. The molecule has 0 bridgehead atoms. The van der Waals surface area contributed by atoms with E-state index in [2.05, 4.69) is 27.2 Å². The lowest BCUT2D eigenvalue weighted by atomic mass is 9.88. The molecule has 1 N–H and O–H groups in total. The number of hydrogen-bond donors (Lipinski definition) is 1. The Balaban J connectivity index is 1.65. The molecular weight excluding hydrogens is 310 g/mol. The van der Waals surface area contributed by atoms with Gasteiger partial charge < -0.3 is 15.1 Å². The lowest BCUT2D eigenvalue weighted by Gasteiger charge is -2.34. The Kier molecular flexibility index (Phi) is 6.22. The second-order valence-electron chi connectivity index (χ2n) is 7.97. The smallest absolute Gasteiger partial charge is 0.322 e. The largest absolute Gasteiger partial charge is 0.378 e. The van der Waals surface area contributed by atoms with E-state index in [-0.39, 0.29) is 6.03 Å². The molecule has 2 amide bonds. The number of benzene rings is 1. The summed E-state index contributed by atoms with van der Waals surface area (Å²) in [5.41, 5.74) is 2.04. The van der Waals surface area contributed by atoms with Crippen molar-refractivity contribution in [2.24, 2.45) is 5.92 Å². The van der Waals surface area contributed by atoms with E-state index in [0.29, 0.717) is 12.0 Å². The van der Waals surface area contributed by atoms with E-state index in [1.807, 2.05) is 26.2 Å². The first-order chi connectivity index (χ1) is 12.1. The average Bonchev–Trinajstić information content (AvgIpc) is 3.15. The summed E-state index contributed by atoms with van der Waals surface area (Å²) in [5.74, 6) is 0.691. The van der Waals surface area contributed by atoms with Gasteiger partial charge in [-0.15, -0.1) is 0 Å². The molecule has 4 nitrogen and oxygen atoms in total. The van der Waals surface area contributed by atoms with Crippen molar-refractivity contribution in [3.8, 4) is 0 Å². The molecule has 0 spiro atoms. The molecule has 3 rings (SSSR count). The number of amides is 2. The van der Waals surface area contributed by atoms with Gasteiger partial charge in [-0.05, 0) is 55.9 Å². The number of rotatable bonds is 5. The highest BCUT2D eigenvalue weighted by atomic mass is 16.2. The van der Waals surface area contributed by atoms with Crippen LogP contribution in [0.1, 0.15) is 57.8 Å². The van der Waals surface area contributed by atoms with E-state index in [1.54, 1.807) is 0 Å². The van der Waals surface area contributed by atoms with Gasteiger partial charge in [-0.3, -0.25) is 0 Å². The quantitative estimate of drug-likeness (QED) is 0.806. The molecule has 1 aromatic rings. The minimum Gasteiger partial charge on any atom is -0.378 e. The molecule has 0 heterocycles. The summed E-state index contributed by atoms with van der Waals surface area (Å²) in [6.45, 7) is 0.937. The summed E-state index contributed by atoms with van der Waals surface area (Å²) in [7, 11) is 4.05. The maximum atomic E-state index is 13.0. The van der Waals surface area contributed by atoms with Crippen LogP contribution in [0, 0.1) is 5.92 Å². The molecule has 138 valence electrons. The van der Waals surface area contributed by atoms with Gasteiger partial charge in [0, 0.05) is 38.1 Å². The summed E-state index contributed by atoms with van der Waals surface area (Å²) in [6, 6.07) is 8.63. The van der Waals surface area contributed by atoms with E-state index >= 15 is 0 Å². The third kappa shape index (κ3) is 4.90. The van der Waals surface area contributed by atoms with Gasteiger partial charge in [-0.2, -0.15) is 0 Å². The normalized spacial score (nSPS) is 19.0. The molecule has 2 fully saturated rings. The highest BCUT2D eigenvalue weighted by Gasteiger charge is 2.29. The summed E-state index contributed by atoms with van der Waals surface area (Å²) >= 11 is 0. The lowest BCUT2D eigenvalue weighted by Crippen LogP contribution is -2.44. The predicted molar refractivity (Wildman–Crippen MR) is 105 cm³/mol. The summed E-state index contributed by atoms with van der Waals surface area (Å²) in [6.07, 6.45) is 11.5. The average molecular weight is 344 g/mol. The number of urea groups is 1. The van der Waals surface area contributed by atoms with Gasteiger partial charge >= 0.3 is 6.03 Å². The molecule has 0 aromatic heterocycles. The van der Waals surface area contributed by atoms with Crippen LogP contribution < -0.4 is 10.2 Å². The van der Waals surface area contributed by atoms with Crippen LogP contribution in [0.25, 0.3) is 0 Å². The van der Waals surface area contributed by atoms with Crippen molar-refractivity contribution in [1.82, 2.24) is 4.90 Å². The van der Waals surface area contributed by atoms with Gasteiger partial charge in [0.1, 0.15) is 0 Å². The third-order valence-corrected chi connectivity index (χ3v) is 5.84. The zero-order chi connectivity index (χ0) is 17.6. The number of carbonyl (C=O) groups is 1. The summed E-state index contributed by atoms with van der Waals surface area (Å²) < 4.78 is 0. The van der Waals surface area contributed by atoms with Gasteiger partial charge in [0.25, 0.3) is 0 Å². The van der Waals surface area contributed by atoms with Gasteiger partial charge in [-0.25, -0.2) is 4.79 Å². The van der Waals surface area contributed by atoms with Crippen LogP contribution in [0.15, 0.2) is 24.3 Å². The van der Waals surface area contributed by atoms with Crippen LogP contribution in [0.4, 0.5) is 16.2 Å². The van der Waals surface area contributed by atoms with Crippen LogP contribution >= 0.6 is 0 Å². The Hall–Kier alpha value is -1.71. The molecule has 25 heavy (non-hydrogen) atoms. The molecule has 0 aliphatic heterocycles. The first kappa shape index (κ1) is 18.1. The van der Waals surface area contributed by atoms with Crippen LogP contribution in [-0.4, -0.2) is 37.6 Å². The number of carbonyl (C=O) groups excluding carboxylic acids is 1. The fourth-order valence-electron chi connectivity index (χ4n) is 4.30. The zero-order valence-corrected chi connectivity index (χ0v) is 15.8. The Labute approximate surface area is 152 Å². The molecule has 1 aromatic carbocycles. The standard InChI is InChI=1S/C21H33N3O/c1-23(2)19-14-12-18(13-15-19)22-21(25)24(20-10-6-7-11-20)16-17-8-4-3-5-9-17/h12-15,17,20H,3-11,16H2,1-2H3,(H,22,25). The van der Waals surface area contributed by atoms with E-state index in [1.165, 1.54) is 57.8 Å². The minimum absolute atomic E-state index is 0.0927. The second-order valence-corrected chi connectivity index (χ2v) is 7.97. The van der Waals surface area contributed by atoms with Crippen molar-refractivity contribution in [2.75, 3.05) is 30.9 Å². The van der Waals surface area contributed by atoms with E-state index in [4.69, 9.17) is 0 Å². The van der Waals surface area contributed by atoms with Crippen molar-refractivity contribution < 1.29 is 4.79 Å². The van der Waals surface area contributed by atoms with Crippen molar-refractivity contribution >= 4 is 17.4 Å². The second kappa shape index (κ2) is 8.59.